The second-order valence-corrected chi connectivity index (χ2v) is 3.61. The standard InChI is InChI=1S/C8H7Cl2F2N5/c9-2-1-3(6(12)4(10)5(2)11)16-8(15)17-7(13)14/h1H,(H6,13,14,15,16,17). The van der Waals surface area contributed by atoms with Crippen molar-refractivity contribution in [2.24, 2.45) is 27.2 Å². The zero-order valence-electron chi connectivity index (χ0n) is 8.22. The molecule has 92 valence electrons. The van der Waals surface area contributed by atoms with Gasteiger partial charge in [-0.1, -0.05) is 23.2 Å². The van der Waals surface area contributed by atoms with Crippen molar-refractivity contribution >= 4 is 40.8 Å². The van der Waals surface area contributed by atoms with Crippen LogP contribution in [0.2, 0.25) is 10.0 Å². The Hall–Kier alpha value is -1.60. The van der Waals surface area contributed by atoms with Crippen LogP contribution in [0, 0.1) is 11.6 Å². The van der Waals surface area contributed by atoms with Crippen molar-refractivity contribution in [3.63, 3.8) is 0 Å². The van der Waals surface area contributed by atoms with Crippen LogP contribution in [-0.2, 0) is 0 Å². The van der Waals surface area contributed by atoms with Crippen LogP contribution < -0.4 is 17.2 Å². The molecule has 0 atom stereocenters. The van der Waals surface area contributed by atoms with E-state index in [1.807, 2.05) is 0 Å². The van der Waals surface area contributed by atoms with E-state index in [1.165, 1.54) is 0 Å². The number of nitrogens with two attached hydrogens (primary N) is 3. The first kappa shape index (κ1) is 13.5. The molecule has 0 saturated heterocycles. The SMILES string of the molecule is NC(N)=NC(N)=Nc1cc(Cl)c(F)c(Cl)c1F. The second kappa shape index (κ2) is 5.15. The molecule has 0 spiro atoms. The lowest BCUT2D eigenvalue weighted by molar-refractivity contribution is 0.586. The summed E-state index contributed by atoms with van der Waals surface area (Å²) in [6.45, 7) is 0. The minimum absolute atomic E-state index is 0.356. The van der Waals surface area contributed by atoms with Gasteiger partial charge in [-0.15, -0.1) is 0 Å². The van der Waals surface area contributed by atoms with E-state index in [1.54, 1.807) is 0 Å². The summed E-state index contributed by atoms with van der Waals surface area (Å²) in [6.07, 6.45) is 0. The maximum absolute atomic E-state index is 13.4. The molecule has 17 heavy (non-hydrogen) atoms. The quantitative estimate of drug-likeness (QED) is 0.314. The highest BCUT2D eigenvalue weighted by Gasteiger charge is 2.15. The van der Waals surface area contributed by atoms with Gasteiger partial charge in [0.15, 0.2) is 17.6 Å². The van der Waals surface area contributed by atoms with Gasteiger partial charge < -0.3 is 17.2 Å². The minimum atomic E-state index is -1.11. The van der Waals surface area contributed by atoms with Gasteiger partial charge in [-0.05, 0) is 6.07 Å². The Morgan fingerprint density at radius 1 is 1.12 bits per heavy atom. The smallest absolute Gasteiger partial charge is 0.223 e. The molecule has 1 aromatic rings. The molecule has 5 nitrogen and oxygen atoms in total. The average Bonchev–Trinajstić information content (AvgIpc) is 2.21. The molecule has 0 bridgehead atoms. The maximum Gasteiger partial charge on any atom is 0.223 e. The molecular formula is C8H7Cl2F2N5. The largest absolute Gasteiger partial charge is 0.370 e. The van der Waals surface area contributed by atoms with Crippen molar-refractivity contribution in [3.8, 4) is 0 Å². The first-order chi connectivity index (χ1) is 7.82. The lowest BCUT2D eigenvalue weighted by Gasteiger charge is -2.03. The van der Waals surface area contributed by atoms with Crippen LogP contribution in [0.3, 0.4) is 0 Å². The number of hydrogen-bond acceptors (Lipinski definition) is 1. The van der Waals surface area contributed by atoms with Gasteiger partial charge in [0, 0.05) is 0 Å². The molecule has 0 heterocycles. The Bertz CT molecular complexity index is 511. The molecule has 1 rings (SSSR count). The number of aliphatic imine (C=N–C) groups is 2. The molecule has 0 aliphatic heterocycles. The van der Waals surface area contributed by atoms with Crippen LogP contribution in [-0.4, -0.2) is 11.9 Å². The normalized spacial score (nSPS) is 11.4. The zero-order valence-corrected chi connectivity index (χ0v) is 9.73. The third-order valence-electron chi connectivity index (χ3n) is 1.56. The van der Waals surface area contributed by atoms with E-state index in [9.17, 15) is 8.78 Å². The second-order valence-electron chi connectivity index (χ2n) is 2.83. The van der Waals surface area contributed by atoms with Crippen molar-refractivity contribution < 1.29 is 8.78 Å². The van der Waals surface area contributed by atoms with Gasteiger partial charge in [0.25, 0.3) is 0 Å². The molecular weight excluding hydrogens is 275 g/mol. The van der Waals surface area contributed by atoms with Crippen LogP contribution >= 0.6 is 23.2 Å². The van der Waals surface area contributed by atoms with Crippen LogP contribution in [0.1, 0.15) is 0 Å². The summed E-state index contributed by atoms with van der Waals surface area (Å²) in [5.41, 5.74) is 15.0. The Morgan fingerprint density at radius 2 is 1.71 bits per heavy atom. The molecule has 1 aromatic carbocycles. The van der Waals surface area contributed by atoms with E-state index in [2.05, 4.69) is 9.98 Å². The Balaban J connectivity index is 3.30. The highest BCUT2D eigenvalue weighted by atomic mass is 35.5. The first-order valence-corrected chi connectivity index (χ1v) is 4.85. The molecule has 0 aromatic heterocycles. The van der Waals surface area contributed by atoms with Crippen LogP contribution in [0.25, 0.3) is 0 Å². The van der Waals surface area contributed by atoms with Crippen molar-refractivity contribution in [1.82, 2.24) is 0 Å². The summed E-state index contributed by atoms with van der Waals surface area (Å²) in [6, 6.07) is 0.910. The molecule has 0 fully saturated rings. The molecule has 9 heteroatoms. The van der Waals surface area contributed by atoms with E-state index < -0.39 is 27.6 Å². The van der Waals surface area contributed by atoms with E-state index >= 15 is 0 Å². The highest BCUT2D eigenvalue weighted by molar-refractivity contribution is 6.35. The Kier molecular flexibility index (Phi) is 4.08. The summed E-state index contributed by atoms with van der Waals surface area (Å²) in [5, 5.41) is -1.18. The third-order valence-corrected chi connectivity index (χ3v) is 2.17. The van der Waals surface area contributed by atoms with Gasteiger partial charge in [0.1, 0.15) is 10.7 Å². The van der Waals surface area contributed by atoms with Crippen LogP contribution in [0.5, 0.6) is 0 Å². The predicted molar refractivity (Wildman–Crippen MR) is 63.5 cm³/mol. The topological polar surface area (TPSA) is 103 Å². The van der Waals surface area contributed by atoms with Crippen molar-refractivity contribution in [1.29, 1.82) is 0 Å². The predicted octanol–water partition coefficient (Wildman–Crippen LogP) is 1.49. The molecule has 0 aliphatic rings. The molecule has 0 radical (unpaired) electrons. The number of guanidine groups is 2. The fraction of sp³-hybridized carbons (Fsp3) is 0. The van der Waals surface area contributed by atoms with E-state index in [0.29, 0.717) is 0 Å². The Morgan fingerprint density at radius 3 is 2.24 bits per heavy atom. The van der Waals surface area contributed by atoms with Gasteiger partial charge in [-0.2, -0.15) is 4.99 Å². The van der Waals surface area contributed by atoms with E-state index in [0.717, 1.165) is 6.07 Å². The van der Waals surface area contributed by atoms with Gasteiger partial charge in [-0.25, -0.2) is 13.8 Å². The molecule has 0 amide bonds. The maximum atomic E-state index is 13.4. The number of benzene rings is 1. The van der Waals surface area contributed by atoms with Gasteiger partial charge in [-0.3, -0.25) is 0 Å². The van der Waals surface area contributed by atoms with Crippen molar-refractivity contribution in [3.05, 3.63) is 27.7 Å². The van der Waals surface area contributed by atoms with Crippen molar-refractivity contribution in [2.45, 2.75) is 0 Å². The fourth-order valence-corrected chi connectivity index (χ4v) is 1.37. The number of nitrogens with zero attached hydrogens (tertiary/aromatic N) is 2. The minimum Gasteiger partial charge on any atom is -0.370 e. The van der Waals surface area contributed by atoms with Crippen molar-refractivity contribution in [2.75, 3.05) is 0 Å². The number of rotatable bonds is 1. The number of halogens is 4. The Labute approximate surface area is 105 Å². The summed E-state index contributed by atoms with van der Waals surface area (Å²) in [4.78, 5) is 6.85. The molecule has 6 N–H and O–H groups in total. The summed E-state index contributed by atoms with van der Waals surface area (Å²) in [5.74, 6) is -2.96. The summed E-state index contributed by atoms with van der Waals surface area (Å²) < 4.78 is 26.5. The average molecular weight is 282 g/mol. The van der Waals surface area contributed by atoms with Gasteiger partial charge in [0.05, 0.1) is 5.02 Å². The fourth-order valence-electron chi connectivity index (χ4n) is 0.922. The molecule has 0 saturated carbocycles. The lowest BCUT2D eigenvalue weighted by atomic mass is 10.3. The molecule has 0 unspecified atom stereocenters. The van der Waals surface area contributed by atoms with Gasteiger partial charge >= 0.3 is 0 Å². The number of hydrogen-bond donors (Lipinski definition) is 3. The third kappa shape index (κ3) is 3.18. The summed E-state index contributed by atoms with van der Waals surface area (Å²) in [7, 11) is 0. The van der Waals surface area contributed by atoms with Crippen LogP contribution in [0.15, 0.2) is 16.1 Å². The highest BCUT2D eigenvalue weighted by Crippen LogP contribution is 2.32. The van der Waals surface area contributed by atoms with E-state index in [-0.39, 0.29) is 11.6 Å². The van der Waals surface area contributed by atoms with E-state index in [4.69, 9.17) is 40.4 Å². The summed E-state index contributed by atoms with van der Waals surface area (Å²) >= 11 is 10.8. The van der Waals surface area contributed by atoms with Crippen LogP contribution in [0.4, 0.5) is 14.5 Å². The van der Waals surface area contributed by atoms with Gasteiger partial charge in [0.2, 0.25) is 5.96 Å². The monoisotopic (exact) mass is 281 g/mol. The lowest BCUT2D eigenvalue weighted by Crippen LogP contribution is -2.26. The zero-order chi connectivity index (χ0) is 13.2. The first-order valence-electron chi connectivity index (χ1n) is 4.09. The molecule has 0 aliphatic carbocycles.